The van der Waals surface area contributed by atoms with Crippen molar-refractivity contribution >= 4 is 51.4 Å². The number of anilines is 1. The third-order valence-electron chi connectivity index (χ3n) is 3.26. The van der Waals surface area contributed by atoms with Crippen molar-refractivity contribution < 1.29 is 0 Å². The van der Waals surface area contributed by atoms with Crippen LogP contribution in [-0.2, 0) is 5.41 Å². The Hall–Kier alpha value is -0.700. The molecule has 0 aliphatic rings. The molecule has 1 N–H and O–H groups in total. The highest BCUT2D eigenvalue weighted by Crippen LogP contribution is 2.40. The molecular formula is C16H19Cl3N2. The average molecular weight is 346 g/mol. The van der Waals surface area contributed by atoms with Gasteiger partial charge in [-0.25, -0.2) is 0 Å². The van der Waals surface area contributed by atoms with Crippen molar-refractivity contribution in [2.24, 2.45) is 0 Å². The van der Waals surface area contributed by atoms with Crippen molar-refractivity contribution in [2.45, 2.75) is 39.5 Å². The quantitative estimate of drug-likeness (QED) is 0.659. The lowest BCUT2D eigenvalue weighted by Gasteiger charge is -2.21. The number of halogens is 3. The van der Waals surface area contributed by atoms with Crippen LogP contribution in [0.5, 0.6) is 0 Å². The first-order valence-electron chi connectivity index (χ1n) is 6.98. The van der Waals surface area contributed by atoms with E-state index in [9.17, 15) is 0 Å². The second-order valence-corrected chi connectivity index (χ2v) is 7.30. The predicted octanol–water partition coefficient (Wildman–Crippen LogP) is 6.31. The normalized spacial score (nSPS) is 12.0. The van der Waals surface area contributed by atoms with Crippen LogP contribution in [0.1, 0.15) is 39.8 Å². The monoisotopic (exact) mass is 344 g/mol. The number of hydrogen-bond donors (Lipinski definition) is 1. The van der Waals surface area contributed by atoms with Gasteiger partial charge in [0.2, 0.25) is 0 Å². The molecule has 0 aliphatic carbocycles. The van der Waals surface area contributed by atoms with Gasteiger partial charge in [0.05, 0.1) is 20.6 Å². The van der Waals surface area contributed by atoms with Crippen molar-refractivity contribution in [3.63, 3.8) is 0 Å². The summed E-state index contributed by atoms with van der Waals surface area (Å²) in [5.41, 5.74) is 2.51. The maximum Gasteiger partial charge on any atom is 0.0928 e. The molecule has 0 fully saturated rings. The molecular weight excluding hydrogens is 327 g/mol. The summed E-state index contributed by atoms with van der Waals surface area (Å²) < 4.78 is 0. The second kappa shape index (κ2) is 6.20. The van der Waals surface area contributed by atoms with Crippen LogP contribution in [0.2, 0.25) is 15.1 Å². The zero-order valence-corrected chi connectivity index (χ0v) is 14.9. The average Bonchev–Trinajstić information content (AvgIpc) is 2.40. The standard InChI is InChI=1S/C16H19Cl3N2/c1-5-6-20-11-8-12(16(2,3)4)21-15-10(18)7-9(17)14(19)13(11)15/h7-8H,5-6H2,1-4H3,(H,20,21). The summed E-state index contributed by atoms with van der Waals surface area (Å²) in [5, 5.41) is 5.64. The number of nitrogens with one attached hydrogen (secondary N) is 1. The Bertz CT molecular complexity index is 676. The predicted molar refractivity (Wildman–Crippen MR) is 94.3 cm³/mol. The Morgan fingerprint density at radius 2 is 1.76 bits per heavy atom. The van der Waals surface area contributed by atoms with E-state index in [1.807, 2.05) is 6.07 Å². The molecule has 0 atom stereocenters. The Kier molecular flexibility index (Phi) is 4.92. The first-order chi connectivity index (χ1) is 9.75. The largest absolute Gasteiger partial charge is 0.384 e. The fourth-order valence-corrected chi connectivity index (χ4v) is 2.84. The molecule has 1 aromatic carbocycles. The number of aromatic nitrogens is 1. The summed E-state index contributed by atoms with van der Waals surface area (Å²) in [7, 11) is 0. The van der Waals surface area contributed by atoms with Crippen molar-refractivity contribution in [1.82, 2.24) is 4.98 Å². The van der Waals surface area contributed by atoms with Gasteiger partial charge in [-0.2, -0.15) is 0 Å². The third kappa shape index (κ3) is 3.39. The summed E-state index contributed by atoms with van der Waals surface area (Å²) in [6, 6.07) is 3.69. The fraction of sp³-hybridized carbons (Fsp3) is 0.438. The van der Waals surface area contributed by atoms with Gasteiger partial charge in [0, 0.05) is 28.7 Å². The Morgan fingerprint density at radius 3 is 2.33 bits per heavy atom. The van der Waals surface area contributed by atoms with Crippen LogP contribution in [0.25, 0.3) is 10.9 Å². The smallest absolute Gasteiger partial charge is 0.0928 e. The molecule has 2 nitrogen and oxygen atoms in total. The van der Waals surface area contributed by atoms with Crippen molar-refractivity contribution in [1.29, 1.82) is 0 Å². The van der Waals surface area contributed by atoms with E-state index in [2.05, 4.69) is 33.0 Å². The molecule has 5 heteroatoms. The minimum atomic E-state index is -0.0771. The number of benzene rings is 1. The van der Waals surface area contributed by atoms with E-state index in [4.69, 9.17) is 39.8 Å². The van der Waals surface area contributed by atoms with Gasteiger partial charge >= 0.3 is 0 Å². The Labute approximate surface area is 140 Å². The zero-order chi connectivity index (χ0) is 15.8. The van der Waals surface area contributed by atoms with Gasteiger partial charge in [0.25, 0.3) is 0 Å². The third-order valence-corrected chi connectivity index (χ3v) is 4.34. The van der Waals surface area contributed by atoms with E-state index in [0.717, 1.165) is 29.7 Å². The molecule has 0 saturated heterocycles. The first kappa shape index (κ1) is 16.7. The molecule has 0 saturated carbocycles. The molecule has 2 rings (SSSR count). The number of nitrogens with zero attached hydrogens (tertiary/aromatic N) is 1. The summed E-state index contributed by atoms with van der Waals surface area (Å²) >= 11 is 18.9. The molecule has 0 aliphatic heterocycles. The lowest BCUT2D eigenvalue weighted by molar-refractivity contribution is 0.572. The highest BCUT2D eigenvalue weighted by atomic mass is 35.5. The van der Waals surface area contributed by atoms with E-state index < -0.39 is 0 Å². The molecule has 0 bridgehead atoms. The van der Waals surface area contributed by atoms with Crippen molar-refractivity contribution in [3.8, 4) is 0 Å². The Morgan fingerprint density at radius 1 is 1.10 bits per heavy atom. The molecule has 0 spiro atoms. The lowest BCUT2D eigenvalue weighted by Crippen LogP contribution is -2.15. The van der Waals surface area contributed by atoms with Crippen LogP contribution in [0.3, 0.4) is 0 Å². The number of pyridine rings is 1. The molecule has 21 heavy (non-hydrogen) atoms. The van der Waals surface area contributed by atoms with E-state index >= 15 is 0 Å². The molecule has 1 aromatic heterocycles. The van der Waals surface area contributed by atoms with Crippen molar-refractivity contribution in [3.05, 3.63) is 32.9 Å². The van der Waals surface area contributed by atoms with Gasteiger partial charge < -0.3 is 5.32 Å². The summed E-state index contributed by atoms with van der Waals surface area (Å²) in [6.45, 7) is 9.33. The van der Waals surface area contributed by atoms with E-state index in [-0.39, 0.29) is 5.41 Å². The van der Waals surface area contributed by atoms with Crippen LogP contribution in [-0.4, -0.2) is 11.5 Å². The SMILES string of the molecule is CCCNc1cc(C(C)(C)C)nc2c(Cl)cc(Cl)c(Cl)c12. The van der Waals surface area contributed by atoms with E-state index in [0.29, 0.717) is 20.6 Å². The highest BCUT2D eigenvalue weighted by molar-refractivity contribution is 6.48. The van der Waals surface area contributed by atoms with E-state index in [1.165, 1.54) is 0 Å². The topological polar surface area (TPSA) is 24.9 Å². The van der Waals surface area contributed by atoms with Crippen LogP contribution < -0.4 is 5.32 Å². The van der Waals surface area contributed by atoms with Gasteiger partial charge in [-0.1, -0.05) is 62.5 Å². The number of fused-ring (bicyclic) bond motifs is 1. The summed E-state index contributed by atoms with van der Waals surface area (Å²) in [6.07, 6.45) is 1.01. The van der Waals surface area contributed by atoms with Crippen molar-refractivity contribution in [2.75, 3.05) is 11.9 Å². The van der Waals surface area contributed by atoms with Gasteiger partial charge in [0.15, 0.2) is 0 Å². The minimum absolute atomic E-state index is 0.0771. The van der Waals surface area contributed by atoms with E-state index in [1.54, 1.807) is 6.07 Å². The van der Waals surface area contributed by atoms with Gasteiger partial charge in [-0.05, 0) is 18.6 Å². The van der Waals surface area contributed by atoms with Crippen LogP contribution in [0.15, 0.2) is 12.1 Å². The first-order valence-corrected chi connectivity index (χ1v) is 8.11. The fourth-order valence-electron chi connectivity index (χ4n) is 2.09. The lowest BCUT2D eigenvalue weighted by atomic mass is 9.90. The van der Waals surface area contributed by atoms with Gasteiger partial charge in [0.1, 0.15) is 0 Å². The maximum atomic E-state index is 6.38. The molecule has 1 heterocycles. The zero-order valence-electron chi connectivity index (χ0n) is 12.7. The molecule has 0 radical (unpaired) electrons. The van der Waals surface area contributed by atoms with Gasteiger partial charge in [-0.15, -0.1) is 0 Å². The molecule has 2 aromatic rings. The maximum absolute atomic E-state index is 6.38. The minimum Gasteiger partial charge on any atom is -0.384 e. The number of rotatable bonds is 3. The second-order valence-electron chi connectivity index (χ2n) is 6.11. The highest BCUT2D eigenvalue weighted by Gasteiger charge is 2.21. The van der Waals surface area contributed by atoms with Gasteiger partial charge in [-0.3, -0.25) is 4.98 Å². The number of hydrogen-bond acceptors (Lipinski definition) is 2. The molecule has 0 unspecified atom stereocenters. The van der Waals surface area contributed by atoms with Crippen LogP contribution >= 0.6 is 34.8 Å². The van der Waals surface area contributed by atoms with Crippen LogP contribution in [0, 0.1) is 0 Å². The Balaban J connectivity index is 2.81. The summed E-state index contributed by atoms with van der Waals surface area (Å²) in [4.78, 5) is 4.70. The summed E-state index contributed by atoms with van der Waals surface area (Å²) in [5.74, 6) is 0. The molecule has 0 amide bonds. The molecule has 114 valence electrons. The van der Waals surface area contributed by atoms with Crippen LogP contribution in [0.4, 0.5) is 5.69 Å².